The van der Waals surface area contributed by atoms with E-state index in [1.54, 1.807) is 0 Å². The Bertz CT molecular complexity index is 104. The molecule has 0 aliphatic heterocycles. The van der Waals surface area contributed by atoms with Crippen LogP contribution in [0.4, 0.5) is 13.2 Å². The Kier molecular flexibility index (Phi) is 4.84. The Labute approximate surface area is 69.1 Å². The molecule has 0 aliphatic carbocycles. The van der Waals surface area contributed by atoms with Gasteiger partial charge < -0.3 is 0 Å². The first kappa shape index (κ1) is 11.0. The van der Waals surface area contributed by atoms with E-state index in [0.29, 0.717) is 6.42 Å². The summed E-state index contributed by atoms with van der Waals surface area (Å²) in [4.78, 5) is 0.290. The number of halogens is 4. The van der Waals surface area contributed by atoms with Gasteiger partial charge in [0.15, 0.2) is 0 Å². The zero-order valence-corrected chi connectivity index (χ0v) is 7.04. The molecule has 0 heterocycles. The molecule has 11 heavy (non-hydrogen) atoms. The third kappa shape index (κ3) is 4.48. The Balaban J connectivity index is 3.76. The minimum absolute atomic E-state index is 0.0104. The lowest BCUT2D eigenvalue weighted by Gasteiger charge is -2.21. The highest BCUT2D eigenvalue weighted by molar-refractivity contribution is 6.17. The molecule has 0 N–H and O–H groups in total. The van der Waals surface area contributed by atoms with Crippen LogP contribution in [0.5, 0.6) is 0 Å². The Hall–Kier alpha value is 0.0400. The van der Waals surface area contributed by atoms with Crippen LogP contribution in [0.1, 0.15) is 19.8 Å². The highest BCUT2D eigenvalue weighted by Crippen LogP contribution is 2.21. The highest BCUT2D eigenvalue weighted by Gasteiger charge is 2.35. The lowest BCUT2D eigenvalue weighted by Crippen LogP contribution is -2.37. The van der Waals surface area contributed by atoms with E-state index in [4.69, 9.17) is 11.6 Å². The van der Waals surface area contributed by atoms with Gasteiger partial charge in [-0.1, -0.05) is 13.3 Å². The molecule has 68 valence electrons. The molecule has 0 radical (unpaired) electrons. The first-order valence-corrected chi connectivity index (χ1v) is 3.93. The maximum Gasteiger partial charge on any atom is 0.460 e. The fourth-order valence-corrected chi connectivity index (χ4v) is 0.858. The number of nitrogens with zero attached hydrogens (tertiary/aromatic N) is 1. The van der Waals surface area contributed by atoms with E-state index in [0.717, 1.165) is 6.42 Å². The van der Waals surface area contributed by atoms with Crippen molar-refractivity contribution in [2.75, 3.05) is 12.5 Å². The molecule has 1 nitrogen and oxygen atoms in total. The molecule has 0 aromatic carbocycles. The van der Waals surface area contributed by atoms with E-state index >= 15 is 0 Å². The molecule has 0 spiro atoms. The molecule has 0 unspecified atom stereocenters. The van der Waals surface area contributed by atoms with Crippen molar-refractivity contribution in [2.45, 2.75) is 26.1 Å². The van der Waals surface area contributed by atoms with Crippen molar-refractivity contribution in [2.24, 2.45) is 0 Å². The van der Waals surface area contributed by atoms with Crippen LogP contribution in [0.15, 0.2) is 0 Å². The number of alkyl halides is 4. The Morgan fingerprint density at radius 2 is 1.91 bits per heavy atom. The van der Waals surface area contributed by atoms with Crippen LogP contribution in [0.3, 0.4) is 0 Å². The van der Waals surface area contributed by atoms with Gasteiger partial charge in [0.05, 0.1) is 6.00 Å². The second-order valence-electron chi connectivity index (χ2n) is 2.20. The summed E-state index contributed by atoms with van der Waals surface area (Å²) >= 11 is 5.09. The van der Waals surface area contributed by atoms with Gasteiger partial charge in [0.2, 0.25) is 0 Å². The topological polar surface area (TPSA) is 3.24 Å². The normalized spacial score (nSPS) is 12.5. The molecule has 0 aliphatic rings. The second-order valence-corrected chi connectivity index (χ2v) is 2.44. The number of rotatable bonds is 4. The van der Waals surface area contributed by atoms with Crippen LogP contribution in [0, 0.1) is 0 Å². The third-order valence-corrected chi connectivity index (χ3v) is 1.57. The van der Waals surface area contributed by atoms with Gasteiger partial charge >= 0.3 is 6.30 Å². The molecule has 0 fully saturated rings. The SMILES string of the molecule is CCCCN(CCl)C(F)(F)F. The van der Waals surface area contributed by atoms with Gasteiger partial charge in [-0.05, 0) is 6.42 Å². The third-order valence-electron chi connectivity index (χ3n) is 1.28. The van der Waals surface area contributed by atoms with Crippen LogP contribution < -0.4 is 0 Å². The predicted molar refractivity (Wildman–Crippen MR) is 38.4 cm³/mol. The fourth-order valence-electron chi connectivity index (χ4n) is 0.603. The number of hydrogen-bond donors (Lipinski definition) is 0. The lowest BCUT2D eigenvalue weighted by atomic mass is 10.3. The summed E-state index contributed by atoms with van der Waals surface area (Å²) in [5, 5.41) is 0. The summed E-state index contributed by atoms with van der Waals surface area (Å²) in [5.74, 6) is 0. The standard InChI is InChI=1S/C6H11ClF3N/c1-2-3-4-11(5-7)6(8,9)10/h2-5H2,1H3. The van der Waals surface area contributed by atoms with Crippen LogP contribution in [0.25, 0.3) is 0 Å². The molecule has 0 aromatic rings. The molecular weight excluding hydrogens is 179 g/mol. The maximum absolute atomic E-state index is 11.9. The van der Waals surface area contributed by atoms with Gasteiger partial charge in [0, 0.05) is 6.54 Å². The smallest absolute Gasteiger partial charge is 0.200 e. The molecule has 0 amide bonds. The van der Waals surface area contributed by atoms with Crippen LogP contribution in [0.2, 0.25) is 0 Å². The summed E-state index contributed by atoms with van der Waals surface area (Å²) < 4.78 is 35.7. The van der Waals surface area contributed by atoms with Gasteiger partial charge in [-0.3, -0.25) is 0 Å². The van der Waals surface area contributed by atoms with E-state index < -0.39 is 12.3 Å². The fraction of sp³-hybridized carbons (Fsp3) is 1.00. The van der Waals surface area contributed by atoms with Crippen LogP contribution >= 0.6 is 11.6 Å². The van der Waals surface area contributed by atoms with Gasteiger partial charge in [-0.15, -0.1) is 11.6 Å². The molecule has 0 rings (SSSR count). The lowest BCUT2D eigenvalue weighted by molar-refractivity contribution is -0.239. The monoisotopic (exact) mass is 189 g/mol. The highest BCUT2D eigenvalue weighted by atomic mass is 35.5. The zero-order valence-electron chi connectivity index (χ0n) is 6.29. The summed E-state index contributed by atoms with van der Waals surface area (Å²) in [6, 6.07) is -0.483. The summed E-state index contributed by atoms with van der Waals surface area (Å²) in [5.41, 5.74) is 0. The minimum atomic E-state index is -4.28. The zero-order chi connectivity index (χ0) is 8.91. The molecule has 0 saturated heterocycles. The quantitative estimate of drug-likeness (QED) is 0.486. The van der Waals surface area contributed by atoms with Gasteiger partial charge in [-0.2, -0.15) is 13.2 Å². The second kappa shape index (κ2) is 4.83. The van der Waals surface area contributed by atoms with E-state index in [2.05, 4.69) is 0 Å². The molecule has 5 heteroatoms. The minimum Gasteiger partial charge on any atom is -0.200 e. The molecule has 0 bridgehead atoms. The summed E-state index contributed by atoms with van der Waals surface area (Å²) in [7, 11) is 0. The van der Waals surface area contributed by atoms with Crippen molar-refractivity contribution >= 4 is 11.6 Å². The van der Waals surface area contributed by atoms with E-state index in [1.807, 2.05) is 6.92 Å². The van der Waals surface area contributed by atoms with E-state index in [-0.39, 0.29) is 11.4 Å². The van der Waals surface area contributed by atoms with Gasteiger partial charge in [0.1, 0.15) is 0 Å². The first-order chi connectivity index (χ1) is 5.02. The first-order valence-electron chi connectivity index (χ1n) is 3.40. The van der Waals surface area contributed by atoms with E-state index in [1.165, 1.54) is 0 Å². The van der Waals surface area contributed by atoms with Crippen molar-refractivity contribution in [3.63, 3.8) is 0 Å². The Morgan fingerprint density at radius 3 is 2.18 bits per heavy atom. The number of hydrogen-bond acceptors (Lipinski definition) is 1. The summed E-state index contributed by atoms with van der Waals surface area (Å²) in [6.45, 7) is 1.83. The summed E-state index contributed by atoms with van der Waals surface area (Å²) in [6.07, 6.45) is -3.02. The largest absolute Gasteiger partial charge is 0.460 e. The van der Waals surface area contributed by atoms with Crippen molar-refractivity contribution in [1.29, 1.82) is 0 Å². The average molecular weight is 190 g/mol. The van der Waals surface area contributed by atoms with Crippen molar-refractivity contribution in [3.8, 4) is 0 Å². The molecular formula is C6H11ClF3N. The number of unbranched alkanes of at least 4 members (excludes halogenated alkanes) is 1. The molecule has 0 saturated carbocycles. The van der Waals surface area contributed by atoms with Crippen molar-refractivity contribution in [3.05, 3.63) is 0 Å². The van der Waals surface area contributed by atoms with Crippen LogP contribution in [-0.2, 0) is 0 Å². The average Bonchev–Trinajstić information content (AvgIpc) is 1.87. The molecule has 0 aromatic heterocycles. The molecule has 0 atom stereocenters. The maximum atomic E-state index is 11.9. The van der Waals surface area contributed by atoms with E-state index in [9.17, 15) is 13.2 Å². The van der Waals surface area contributed by atoms with Crippen molar-refractivity contribution in [1.82, 2.24) is 4.90 Å². The van der Waals surface area contributed by atoms with Crippen molar-refractivity contribution < 1.29 is 13.2 Å². The van der Waals surface area contributed by atoms with Crippen LogP contribution in [-0.4, -0.2) is 23.7 Å². The predicted octanol–water partition coefficient (Wildman–Crippen LogP) is 2.80. The Morgan fingerprint density at radius 1 is 1.36 bits per heavy atom. The van der Waals surface area contributed by atoms with Gasteiger partial charge in [-0.25, -0.2) is 4.90 Å². The van der Waals surface area contributed by atoms with Gasteiger partial charge in [0.25, 0.3) is 0 Å².